The van der Waals surface area contributed by atoms with Crippen molar-refractivity contribution < 1.29 is 42.1 Å². The molecule has 0 aromatic carbocycles. The molecule has 1 N–H and O–H groups in total. The summed E-state index contributed by atoms with van der Waals surface area (Å²) in [5, 5.41) is 0. The highest BCUT2D eigenvalue weighted by Gasteiger charge is 2.27. The molecule has 0 aliphatic rings. The maximum atomic E-state index is 12.7. The smallest absolute Gasteiger partial charge is 0.461 e. The molecule has 10 heteroatoms. The van der Waals surface area contributed by atoms with Crippen LogP contribution in [0.3, 0.4) is 0 Å². The molecule has 0 heterocycles. The first-order chi connectivity index (χ1) is 30.0. The lowest BCUT2D eigenvalue weighted by atomic mass is 10.1. The quantitative estimate of drug-likeness (QED) is 0.0214. The summed E-state index contributed by atoms with van der Waals surface area (Å²) in [5.74, 6) is -0.992. The van der Waals surface area contributed by atoms with Crippen LogP contribution in [0.2, 0.25) is 0 Å². The van der Waals surface area contributed by atoms with Crippen molar-refractivity contribution in [2.45, 2.75) is 136 Å². The van der Waals surface area contributed by atoms with Crippen molar-refractivity contribution >= 4 is 19.8 Å². The Labute approximate surface area is 377 Å². The van der Waals surface area contributed by atoms with Gasteiger partial charge in [-0.25, -0.2) is 4.57 Å². The average Bonchev–Trinajstić information content (AvgIpc) is 3.23. The summed E-state index contributed by atoms with van der Waals surface area (Å²) in [6, 6.07) is 0. The Morgan fingerprint density at radius 1 is 0.516 bits per heavy atom. The predicted octanol–water partition coefficient (Wildman–Crippen LogP) is 13.5. The molecule has 2 unspecified atom stereocenters. The molecule has 0 spiro atoms. The van der Waals surface area contributed by atoms with E-state index in [0.29, 0.717) is 23.9 Å². The number of hydrogen-bond acceptors (Lipinski definition) is 7. The summed E-state index contributed by atoms with van der Waals surface area (Å²) in [6.07, 6.45) is 61.1. The summed E-state index contributed by atoms with van der Waals surface area (Å²) < 4.78 is 34.2. The second kappa shape index (κ2) is 42.5. The number of rotatable bonds is 39. The van der Waals surface area contributed by atoms with E-state index in [1.807, 2.05) is 33.3 Å². The van der Waals surface area contributed by atoms with Gasteiger partial charge >= 0.3 is 19.8 Å². The molecular formula is C52H83NO8P+. The number of allylic oxidation sites excluding steroid dienone is 21. The maximum absolute atomic E-state index is 12.7. The molecule has 0 rings (SSSR count). The minimum atomic E-state index is -4.42. The van der Waals surface area contributed by atoms with Gasteiger partial charge in [0, 0.05) is 6.42 Å². The van der Waals surface area contributed by atoms with E-state index >= 15 is 0 Å². The Kier molecular flexibility index (Phi) is 39.8. The SMILES string of the molecule is CC/C=C\C/C=C\C/C=C\C/C=C\C/C=C\C/C=C\CCCCCCC(=O)OC(COC(=O)C/C=C\C/C=C\C/C=C\C/C=C\C/C=C\CC)COP(=O)(O)OCC[N+](C)(C)C. The number of carbonyl (C=O) groups is 2. The molecule has 0 amide bonds. The summed E-state index contributed by atoms with van der Waals surface area (Å²) in [6.45, 7) is 4.01. The van der Waals surface area contributed by atoms with E-state index < -0.39 is 32.5 Å². The summed E-state index contributed by atoms with van der Waals surface area (Å²) in [5.41, 5.74) is 0. The number of nitrogens with zero attached hydrogens (tertiary/aromatic N) is 1. The van der Waals surface area contributed by atoms with Gasteiger partial charge in [-0.3, -0.25) is 18.6 Å². The minimum absolute atomic E-state index is 0.00403. The number of unbranched alkanes of at least 4 members (excludes halogenated alkanes) is 4. The van der Waals surface area contributed by atoms with Crippen LogP contribution in [0.5, 0.6) is 0 Å². The van der Waals surface area contributed by atoms with E-state index in [1.165, 1.54) is 0 Å². The normalized spacial score (nSPS) is 14.7. The number of esters is 2. The molecule has 0 aliphatic heterocycles. The second-order valence-corrected chi connectivity index (χ2v) is 17.1. The Hall–Kier alpha value is -3.85. The Morgan fingerprint density at radius 3 is 1.35 bits per heavy atom. The van der Waals surface area contributed by atoms with Crippen LogP contribution < -0.4 is 0 Å². The zero-order valence-corrected chi connectivity index (χ0v) is 39.9. The van der Waals surface area contributed by atoms with Crippen LogP contribution in [0.15, 0.2) is 134 Å². The first-order valence-electron chi connectivity index (χ1n) is 22.9. The molecular weight excluding hydrogens is 798 g/mol. The maximum Gasteiger partial charge on any atom is 0.472 e. The van der Waals surface area contributed by atoms with E-state index in [-0.39, 0.29) is 26.1 Å². The van der Waals surface area contributed by atoms with Crippen LogP contribution >= 0.6 is 7.82 Å². The monoisotopic (exact) mass is 881 g/mol. The molecule has 0 saturated heterocycles. The van der Waals surface area contributed by atoms with Gasteiger partial charge in [-0.05, 0) is 89.9 Å². The first-order valence-corrected chi connectivity index (χ1v) is 24.4. The van der Waals surface area contributed by atoms with Crippen molar-refractivity contribution in [3.63, 3.8) is 0 Å². The van der Waals surface area contributed by atoms with Crippen LogP contribution in [0, 0.1) is 0 Å². The van der Waals surface area contributed by atoms with Crippen LogP contribution in [0.25, 0.3) is 0 Å². The number of hydrogen-bond donors (Lipinski definition) is 1. The van der Waals surface area contributed by atoms with Gasteiger partial charge in [0.25, 0.3) is 0 Å². The third-order valence-corrected chi connectivity index (χ3v) is 9.69. The number of phosphoric acid groups is 1. The van der Waals surface area contributed by atoms with Gasteiger partial charge in [0.1, 0.15) is 19.8 Å². The molecule has 0 radical (unpaired) electrons. The molecule has 0 aromatic heterocycles. The van der Waals surface area contributed by atoms with E-state index in [4.69, 9.17) is 18.5 Å². The number of quaternary nitrogens is 1. The van der Waals surface area contributed by atoms with Gasteiger partial charge in [0.05, 0.1) is 34.2 Å². The van der Waals surface area contributed by atoms with Crippen LogP contribution in [-0.2, 0) is 32.7 Å². The van der Waals surface area contributed by atoms with Crippen LogP contribution in [0.4, 0.5) is 0 Å². The summed E-state index contributed by atoms with van der Waals surface area (Å²) in [7, 11) is 1.38. The largest absolute Gasteiger partial charge is 0.472 e. The molecule has 0 aromatic rings. The molecule has 0 bridgehead atoms. The lowest BCUT2D eigenvalue weighted by molar-refractivity contribution is -0.870. The zero-order valence-electron chi connectivity index (χ0n) is 39.0. The van der Waals surface area contributed by atoms with Crippen molar-refractivity contribution in [1.29, 1.82) is 0 Å². The van der Waals surface area contributed by atoms with Crippen LogP contribution in [-0.4, -0.2) is 74.9 Å². The topological polar surface area (TPSA) is 108 Å². The third-order valence-electron chi connectivity index (χ3n) is 8.71. The Morgan fingerprint density at radius 2 is 0.919 bits per heavy atom. The molecule has 2 atom stereocenters. The number of ether oxygens (including phenoxy) is 2. The summed E-state index contributed by atoms with van der Waals surface area (Å²) >= 11 is 0. The Bertz CT molecular complexity index is 1510. The van der Waals surface area contributed by atoms with Gasteiger partial charge in [0.2, 0.25) is 0 Å². The Balaban J connectivity index is 4.52. The lowest BCUT2D eigenvalue weighted by Gasteiger charge is -2.24. The highest BCUT2D eigenvalue weighted by Crippen LogP contribution is 2.43. The number of carbonyl (C=O) groups excluding carboxylic acids is 2. The predicted molar refractivity (Wildman–Crippen MR) is 260 cm³/mol. The number of likely N-dealkylation sites (N-methyl/N-ethyl adjacent to an activating group) is 1. The van der Waals surface area contributed by atoms with Crippen molar-refractivity contribution in [1.82, 2.24) is 0 Å². The standard InChI is InChI=1S/C52H82NO8P/c1-6-8-10-12-14-16-18-20-22-23-24-25-26-27-28-29-31-33-35-37-39-41-43-45-52(55)61-50(49-60-62(56,57)59-47-46-53(3,4)5)48-58-51(54)44-42-40-38-36-34-32-30-21-19-17-15-13-11-9-7-2/h8-11,14-17,20-22,24-25,27-28,30-31,33-34,36,40,42,50H,6-7,12-13,18-19,23,26,29,32,35,37-39,41,43-49H2,1-5H3/p+1/b10-8-,11-9-,16-14-,17-15-,22-20-,25-24-,28-27-,30-21-,33-31-,36-34-,42-40-. The fourth-order valence-corrected chi connectivity index (χ4v) is 5.95. The van der Waals surface area contributed by atoms with Crippen molar-refractivity contribution in [3.05, 3.63) is 134 Å². The van der Waals surface area contributed by atoms with E-state index in [2.05, 4.69) is 129 Å². The van der Waals surface area contributed by atoms with Gasteiger partial charge in [-0.1, -0.05) is 160 Å². The van der Waals surface area contributed by atoms with Gasteiger partial charge in [-0.15, -0.1) is 0 Å². The fraction of sp³-hybridized carbons (Fsp3) is 0.538. The van der Waals surface area contributed by atoms with E-state index in [1.54, 1.807) is 6.08 Å². The molecule has 0 aliphatic carbocycles. The van der Waals surface area contributed by atoms with Gasteiger partial charge in [-0.2, -0.15) is 0 Å². The second-order valence-electron chi connectivity index (χ2n) is 15.7. The highest BCUT2D eigenvalue weighted by molar-refractivity contribution is 7.47. The molecule has 62 heavy (non-hydrogen) atoms. The third kappa shape index (κ3) is 45.7. The molecule has 9 nitrogen and oxygen atoms in total. The van der Waals surface area contributed by atoms with Crippen molar-refractivity contribution in [3.8, 4) is 0 Å². The molecule has 348 valence electrons. The first kappa shape index (κ1) is 58.1. The van der Waals surface area contributed by atoms with Gasteiger partial charge < -0.3 is 18.9 Å². The van der Waals surface area contributed by atoms with E-state index in [9.17, 15) is 19.0 Å². The zero-order chi connectivity index (χ0) is 45.7. The van der Waals surface area contributed by atoms with E-state index in [0.717, 1.165) is 89.9 Å². The van der Waals surface area contributed by atoms with Crippen LogP contribution in [0.1, 0.15) is 129 Å². The van der Waals surface area contributed by atoms with Gasteiger partial charge in [0.15, 0.2) is 6.10 Å². The summed E-state index contributed by atoms with van der Waals surface area (Å²) in [4.78, 5) is 35.4. The molecule has 0 fully saturated rings. The fourth-order valence-electron chi connectivity index (χ4n) is 5.21. The van der Waals surface area contributed by atoms with Crippen molar-refractivity contribution in [2.24, 2.45) is 0 Å². The average molecular weight is 881 g/mol. The lowest BCUT2D eigenvalue weighted by Crippen LogP contribution is -2.37. The highest BCUT2D eigenvalue weighted by atomic mass is 31.2. The number of phosphoric ester groups is 1. The van der Waals surface area contributed by atoms with Crippen molar-refractivity contribution in [2.75, 3.05) is 47.5 Å². The minimum Gasteiger partial charge on any atom is -0.461 e. The molecule has 0 saturated carbocycles.